The monoisotopic (exact) mass is 388 g/mol. The largest absolute Gasteiger partial charge is 0.493 e. The van der Waals surface area contributed by atoms with Crippen LogP contribution in [0.25, 0.3) is 0 Å². The second-order valence-electron chi connectivity index (χ2n) is 6.08. The van der Waals surface area contributed by atoms with Crippen molar-refractivity contribution in [2.75, 3.05) is 30.5 Å². The summed E-state index contributed by atoms with van der Waals surface area (Å²) in [6.45, 7) is 2.97. The summed E-state index contributed by atoms with van der Waals surface area (Å²) in [5.74, 6) is 0.573. The molecule has 2 amide bonds. The molecule has 142 valence electrons. The SMILES string of the molecule is CCOc1c(Cl)cc(C(=O)Nc2cccc(N3CCCC3=O)c2)cc1OC. The second-order valence-corrected chi connectivity index (χ2v) is 6.48. The van der Waals surface area contributed by atoms with Gasteiger partial charge in [0.15, 0.2) is 11.5 Å². The molecule has 2 aromatic rings. The first-order chi connectivity index (χ1) is 13.0. The van der Waals surface area contributed by atoms with Crippen LogP contribution in [0.4, 0.5) is 11.4 Å². The summed E-state index contributed by atoms with van der Waals surface area (Å²) >= 11 is 6.24. The Hall–Kier alpha value is -2.73. The third-order valence-electron chi connectivity index (χ3n) is 4.27. The van der Waals surface area contributed by atoms with Crippen molar-refractivity contribution in [1.29, 1.82) is 0 Å². The van der Waals surface area contributed by atoms with E-state index in [1.165, 1.54) is 13.2 Å². The van der Waals surface area contributed by atoms with Crippen LogP contribution in [-0.2, 0) is 4.79 Å². The number of carbonyl (C=O) groups excluding carboxylic acids is 2. The van der Waals surface area contributed by atoms with Crippen LogP contribution in [0, 0.1) is 0 Å². The molecule has 3 rings (SSSR count). The zero-order valence-electron chi connectivity index (χ0n) is 15.3. The molecule has 0 saturated carbocycles. The smallest absolute Gasteiger partial charge is 0.255 e. The highest BCUT2D eigenvalue weighted by Crippen LogP contribution is 2.36. The molecule has 7 heteroatoms. The number of carbonyl (C=O) groups is 2. The Balaban J connectivity index is 1.81. The Labute approximate surface area is 163 Å². The van der Waals surface area contributed by atoms with Crippen molar-refractivity contribution in [3.63, 3.8) is 0 Å². The van der Waals surface area contributed by atoms with Crippen LogP contribution in [-0.4, -0.2) is 32.1 Å². The van der Waals surface area contributed by atoms with Gasteiger partial charge in [0.05, 0.1) is 18.7 Å². The number of nitrogens with zero attached hydrogens (tertiary/aromatic N) is 1. The molecule has 0 aliphatic carbocycles. The minimum atomic E-state index is -0.330. The van der Waals surface area contributed by atoms with Gasteiger partial charge in [-0.2, -0.15) is 0 Å². The van der Waals surface area contributed by atoms with Crippen molar-refractivity contribution >= 4 is 34.8 Å². The van der Waals surface area contributed by atoms with E-state index in [0.717, 1.165) is 12.1 Å². The molecular formula is C20H21ClN2O4. The average molecular weight is 389 g/mol. The molecule has 6 nitrogen and oxygen atoms in total. The first kappa shape index (κ1) is 19.0. The van der Waals surface area contributed by atoms with Gasteiger partial charge in [-0.15, -0.1) is 0 Å². The second kappa shape index (κ2) is 8.31. The van der Waals surface area contributed by atoms with Crippen molar-refractivity contribution < 1.29 is 19.1 Å². The molecular weight excluding hydrogens is 368 g/mol. The lowest BCUT2D eigenvalue weighted by molar-refractivity contribution is -0.117. The summed E-state index contributed by atoms with van der Waals surface area (Å²) in [6, 6.07) is 10.3. The van der Waals surface area contributed by atoms with Gasteiger partial charge in [-0.25, -0.2) is 0 Å². The van der Waals surface area contributed by atoms with Crippen LogP contribution in [0.5, 0.6) is 11.5 Å². The zero-order valence-corrected chi connectivity index (χ0v) is 16.0. The van der Waals surface area contributed by atoms with E-state index >= 15 is 0 Å². The molecule has 1 fully saturated rings. The summed E-state index contributed by atoms with van der Waals surface area (Å²) in [4.78, 5) is 26.3. The van der Waals surface area contributed by atoms with E-state index in [0.29, 0.717) is 47.3 Å². The van der Waals surface area contributed by atoms with E-state index in [1.807, 2.05) is 19.1 Å². The molecule has 2 aromatic carbocycles. The Kier molecular flexibility index (Phi) is 5.86. The average Bonchev–Trinajstić information content (AvgIpc) is 3.09. The summed E-state index contributed by atoms with van der Waals surface area (Å²) in [5, 5.41) is 3.14. The third kappa shape index (κ3) is 4.17. The van der Waals surface area contributed by atoms with Gasteiger partial charge >= 0.3 is 0 Å². The summed E-state index contributed by atoms with van der Waals surface area (Å²) in [7, 11) is 1.49. The molecule has 1 aliphatic heterocycles. The molecule has 1 heterocycles. The molecule has 0 atom stereocenters. The Bertz CT molecular complexity index is 869. The van der Waals surface area contributed by atoms with Crippen molar-refractivity contribution in [2.45, 2.75) is 19.8 Å². The zero-order chi connectivity index (χ0) is 19.4. The van der Waals surface area contributed by atoms with Crippen LogP contribution >= 0.6 is 11.6 Å². The molecule has 0 spiro atoms. The maximum absolute atomic E-state index is 12.7. The van der Waals surface area contributed by atoms with E-state index in [4.69, 9.17) is 21.1 Å². The number of halogens is 1. The van der Waals surface area contributed by atoms with Gasteiger partial charge in [-0.1, -0.05) is 17.7 Å². The highest BCUT2D eigenvalue weighted by molar-refractivity contribution is 6.32. The molecule has 0 bridgehead atoms. The standard InChI is InChI=1S/C20H21ClN2O4/c1-3-27-19-16(21)10-13(11-17(19)26-2)20(25)22-14-6-4-7-15(12-14)23-9-5-8-18(23)24/h4,6-7,10-12H,3,5,8-9H2,1-2H3,(H,22,25). The molecule has 27 heavy (non-hydrogen) atoms. The van der Waals surface area contributed by atoms with Gasteiger partial charge in [-0.05, 0) is 43.7 Å². The molecule has 1 saturated heterocycles. The number of rotatable bonds is 6. The molecule has 0 radical (unpaired) electrons. The number of amides is 2. The quantitative estimate of drug-likeness (QED) is 0.808. The Morgan fingerprint density at radius 2 is 2.11 bits per heavy atom. The van der Waals surface area contributed by atoms with Gasteiger partial charge in [0, 0.05) is 29.9 Å². The van der Waals surface area contributed by atoms with E-state index in [1.54, 1.807) is 23.1 Å². The maximum atomic E-state index is 12.7. The van der Waals surface area contributed by atoms with Gasteiger partial charge in [-0.3, -0.25) is 9.59 Å². The van der Waals surface area contributed by atoms with Gasteiger partial charge in [0.2, 0.25) is 5.91 Å². The van der Waals surface area contributed by atoms with E-state index in [2.05, 4.69) is 5.32 Å². The third-order valence-corrected chi connectivity index (χ3v) is 4.55. The van der Waals surface area contributed by atoms with Crippen LogP contribution in [0.2, 0.25) is 5.02 Å². The van der Waals surface area contributed by atoms with Crippen molar-refractivity contribution in [3.8, 4) is 11.5 Å². The normalized spacial score (nSPS) is 13.6. The van der Waals surface area contributed by atoms with E-state index < -0.39 is 0 Å². The number of hydrogen-bond donors (Lipinski definition) is 1. The number of anilines is 2. The highest BCUT2D eigenvalue weighted by Gasteiger charge is 2.22. The first-order valence-corrected chi connectivity index (χ1v) is 9.13. The molecule has 0 aromatic heterocycles. The van der Waals surface area contributed by atoms with E-state index in [-0.39, 0.29) is 11.8 Å². The topological polar surface area (TPSA) is 67.9 Å². The minimum absolute atomic E-state index is 0.0986. The number of ether oxygens (including phenoxy) is 2. The van der Waals surface area contributed by atoms with Crippen LogP contribution in [0.1, 0.15) is 30.1 Å². The number of benzene rings is 2. The molecule has 1 aliphatic rings. The lowest BCUT2D eigenvalue weighted by Crippen LogP contribution is -2.23. The summed E-state index contributed by atoms with van der Waals surface area (Å²) in [5.41, 5.74) is 1.72. The highest BCUT2D eigenvalue weighted by atomic mass is 35.5. The maximum Gasteiger partial charge on any atom is 0.255 e. The number of nitrogens with one attached hydrogen (secondary N) is 1. The molecule has 1 N–H and O–H groups in total. The number of hydrogen-bond acceptors (Lipinski definition) is 4. The van der Waals surface area contributed by atoms with Crippen LogP contribution in [0.15, 0.2) is 36.4 Å². The van der Waals surface area contributed by atoms with Crippen LogP contribution in [0.3, 0.4) is 0 Å². The van der Waals surface area contributed by atoms with Crippen LogP contribution < -0.4 is 19.7 Å². The number of methoxy groups -OCH3 is 1. The van der Waals surface area contributed by atoms with Crippen molar-refractivity contribution in [2.24, 2.45) is 0 Å². The fourth-order valence-electron chi connectivity index (χ4n) is 3.01. The Morgan fingerprint density at radius 1 is 1.30 bits per heavy atom. The van der Waals surface area contributed by atoms with Gasteiger partial charge in [0.1, 0.15) is 0 Å². The fourth-order valence-corrected chi connectivity index (χ4v) is 3.28. The minimum Gasteiger partial charge on any atom is -0.493 e. The van der Waals surface area contributed by atoms with Gasteiger partial charge in [0.25, 0.3) is 5.91 Å². The predicted molar refractivity (Wildman–Crippen MR) is 105 cm³/mol. The van der Waals surface area contributed by atoms with Gasteiger partial charge < -0.3 is 19.7 Å². The van der Waals surface area contributed by atoms with Crippen molar-refractivity contribution in [3.05, 3.63) is 47.0 Å². The van der Waals surface area contributed by atoms with E-state index in [9.17, 15) is 9.59 Å². The lowest BCUT2D eigenvalue weighted by Gasteiger charge is -2.17. The first-order valence-electron chi connectivity index (χ1n) is 8.75. The molecule has 0 unspecified atom stereocenters. The summed E-state index contributed by atoms with van der Waals surface area (Å²) < 4.78 is 10.8. The fraction of sp³-hybridized carbons (Fsp3) is 0.300. The lowest BCUT2D eigenvalue weighted by atomic mass is 10.1. The predicted octanol–water partition coefficient (Wildman–Crippen LogP) is 4.13. The summed E-state index contributed by atoms with van der Waals surface area (Å²) in [6.07, 6.45) is 1.40. The Morgan fingerprint density at radius 3 is 2.78 bits per heavy atom. The van der Waals surface area contributed by atoms with Crippen molar-refractivity contribution in [1.82, 2.24) is 0 Å².